The van der Waals surface area contributed by atoms with Crippen molar-refractivity contribution in [3.05, 3.63) is 34.9 Å². The lowest BCUT2D eigenvalue weighted by atomic mass is 9.96. The van der Waals surface area contributed by atoms with Crippen molar-refractivity contribution in [1.82, 2.24) is 0 Å². The highest BCUT2D eigenvalue weighted by Crippen LogP contribution is 2.17. The van der Waals surface area contributed by atoms with Crippen molar-refractivity contribution in [3.63, 3.8) is 0 Å². The normalized spacial score (nSPS) is 7.85. The van der Waals surface area contributed by atoms with Gasteiger partial charge >= 0.3 is 0 Å². The Kier molecular flexibility index (Phi) is 85.9. The van der Waals surface area contributed by atoms with Crippen LogP contribution in [0.1, 0.15) is 189 Å². The second-order valence-electron chi connectivity index (χ2n) is 7.55. The van der Waals surface area contributed by atoms with Crippen LogP contribution < -0.4 is 0 Å². The van der Waals surface area contributed by atoms with Crippen molar-refractivity contribution in [2.75, 3.05) is 0 Å². The molecule has 0 atom stereocenters. The second-order valence-corrected chi connectivity index (χ2v) is 7.55. The molecule has 0 unspecified atom stereocenters. The van der Waals surface area contributed by atoms with Gasteiger partial charge in [-0.25, -0.2) is 0 Å². The van der Waals surface area contributed by atoms with E-state index >= 15 is 0 Å². The van der Waals surface area contributed by atoms with E-state index < -0.39 is 0 Å². The number of benzene rings is 1. The summed E-state index contributed by atoms with van der Waals surface area (Å²) in [5, 5.41) is 0. The molecule has 34 heavy (non-hydrogen) atoms. The molecule has 0 radical (unpaired) electrons. The molecule has 0 aliphatic rings. The minimum Gasteiger partial charge on any atom is -0.0776 e. The van der Waals surface area contributed by atoms with E-state index in [-0.39, 0.29) is 74.3 Å². The molecule has 218 valence electrons. The summed E-state index contributed by atoms with van der Waals surface area (Å²) in [4.78, 5) is 0. The molecule has 0 aliphatic carbocycles. The average molecular weight is 491 g/mol. The highest BCUT2D eigenvalue weighted by Gasteiger charge is 2.02. The Morgan fingerprint density at radius 1 is 0.353 bits per heavy atom. The predicted molar refractivity (Wildman–Crippen MR) is 177 cm³/mol. The first-order chi connectivity index (χ1) is 11.8. The summed E-state index contributed by atoms with van der Waals surface area (Å²) in [7, 11) is 0. The van der Waals surface area contributed by atoms with Crippen LogP contribution in [-0.4, -0.2) is 0 Å². The Bertz CT molecular complexity index is 370. The molecular weight excluding hydrogens is 408 g/mol. The molecule has 0 nitrogen and oxygen atoms in total. The lowest BCUT2D eigenvalue weighted by molar-refractivity contribution is 0.604. The van der Waals surface area contributed by atoms with Crippen molar-refractivity contribution in [1.29, 1.82) is 0 Å². The minimum absolute atomic E-state index is 0. The molecule has 0 bridgehead atoms. The van der Waals surface area contributed by atoms with E-state index in [0.29, 0.717) is 0 Å². The first-order valence-electron chi connectivity index (χ1n) is 10.9. The first kappa shape index (κ1) is 64.0. The first-order valence-corrected chi connectivity index (χ1v) is 10.9. The van der Waals surface area contributed by atoms with Crippen LogP contribution in [0.2, 0.25) is 0 Å². The molecule has 1 rings (SSSR count). The molecule has 0 aromatic heterocycles. The molecule has 0 N–H and O–H groups in total. The zero-order valence-corrected chi connectivity index (χ0v) is 16.8. The van der Waals surface area contributed by atoms with Gasteiger partial charge in [-0.05, 0) is 48.8 Å². The van der Waals surface area contributed by atoms with Gasteiger partial charge < -0.3 is 0 Å². The van der Waals surface area contributed by atoms with Crippen LogP contribution in [0, 0.1) is 0 Å². The number of rotatable bonds is 15. The van der Waals surface area contributed by atoms with Crippen LogP contribution in [0.4, 0.5) is 0 Å². The smallest absolute Gasteiger partial charge is 0.0279 e. The van der Waals surface area contributed by atoms with E-state index in [1.165, 1.54) is 96.3 Å². The lowest BCUT2D eigenvalue weighted by Gasteiger charge is -2.09. The topological polar surface area (TPSA) is 0 Å². The summed E-state index contributed by atoms with van der Waals surface area (Å²) in [6.07, 6.45) is 20.5. The summed E-state index contributed by atoms with van der Waals surface area (Å²) >= 11 is 0. The van der Waals surface area contributed by atoms with Crippen molar-refractivity contribution in [2.24, 2.45) is 0 Å². The van der Waals surface area contributed by atoms with Gasteiger partial charge in [0, 0.05) is 0 Å². The fourth-order valence-corrected chi connectivity index (χ4v) is 3.55. The minimum atomic E-state index is 0. The predicted octanol–water partition coefficient (Wildman–Crippen LogP) is 14.4. The highest BCUT2D eigenvalue weighted by molar-refractivity contribution is 5.30. The maximum Gasteiger partial charge on any atom is -0.0279 e. The van der Waals surface area contributed by atoms with E-state index in [0.717, 1.165) is 0 Å². The van der Waals surface area contributed by atoms with Crippen LogP contribution in [-0.2, 0) is 19.3 Å². The third-order valence-corrected chi connectivity index (χ3v) is 5.16. The van der Waals surface area contributed by atoms with E-state index in [1.807, 2.05) is 0 Å². The van der Waals surface area contributed by atoms with Gasteiger partial charge in [0.25, 0.3) is 0 Å². The van der Waals surface area contributed by atoms with Gasteiger partial charge in [0.2, 0.25) is 0 Å². The van der Waals surface area contributed by atoms with Crippen LogP contribution in [0.25, 0.3) is 0 Å². The molecule has 0 saturated carbocycles. The Morgan fingerprint density at radius 3 is 0.912 bits per heavy atom. The number of unbranched alkanes of at least 4 members (excludes halogenated alkanes) is 10. The van der Waals surface area contributed by atoms with Crippen LogP contribution in [0.15, 0.2) is 18.2 Å². The molecule has 0 amide bonds. The molecule has 0 spiro atoms. The highest BCUT2D eigenvalue weighted by atomic mass is 14.1. The fourth-order valence-electron chi connectivity index (χ4n) is 3.55. The average Bonchev–Trinajstić information content (AvgIpc) is 2.61. The SMILES string of the molecule is C.C.C.C.C.C.C.C.C.C.CCCCCCCCc1cc(CC)cc(CCCCCCCC)c1. The number of hydrogen-bond donors (Lipinski definition) is 0. The van der Waals surface area contributed by atoms with E-state index in [2.05, 4.69) is 39.0 Å². The molecule has 1 aromatic carbocycles. The van der Waals surface area contributed by atoms with E-state index in [4.69, 9.17) is 0 Å². The van der Waals surface area contributed by atoms with Gasteiger partial charge in [0.1, 0.15) is 0 Å². The quantitative estimate of drug-likeness (QED) is 0.214. The van der Waals surface area contributed by atoms with Crippen molar-refractivity contribution in [2.45, 2.75) is 191 Å². The third-order valence-electron chi connectivity index (χ3n) is 5.16. The Balaban J connectivity index is -0.0000000720. The van der Waals surface area contributed by atoms with Gasteiger partial charge in [-0.3, -0.25) is 0 Å². The van der Waals surface area contributed by atoms with Crippen molar-refractivity contribution >= 4 is 0 Å². The molecule has 0 saturated heterocycles. The summed E-state index contributed by atoms with van der Waals surface area (Å²) < 4.78 is 0. The maximum atomic E-state index is 2.50. The number of hydrogen-bond acceptors (Lipinski definition) is 0. The van der Waals surface area contributed by atoms with Gasteiger partial charge in [0.15, 0.2) is 0 Å². The van der Waals surface area contributed by atoms with Gasteiger partial charge in [-0.1, -0.05) is 177 Å². The van der Waals surface area contributed by atoms with Crippen molar-refractivity contribution < 1.29 is 0 Å². The summed E-state index contributed by atoms with van der Waals surface area (Å²) in [5.74, 6) is 0. The molecule has 0 fully saturated rings. The fraction of sp³-hybridized carbons (Fsp3) is 0.824. The van der Waals surface area contributed by atoms with Gasteiger partial charge in [0.05, 0.1) is 0 Å². The Labute approximate surface area is 226 Å². The molecule has 0 heteroatoms. The van der Waals surface area contributed by atoms with Gasteiger partial charge in [-0.2, -0.15) is 0 Å². The third kappa shape index (κ3) is 33.4. The lowest BCUT2D eigenvalue weighted by Crippen LogP contribution is -1.95. The number of aryl methyl sites for hydroxylation is 3. The molecule has 1 aromatic rings. The second kappa shape index (κ2) is 45.7. The molecular formula is C34H82. The van der Waals surface area contributed by atoms with E-state index in [9.17, 15) is 0 Å². The Morgan fingerprint density at radius 2 is 0.618 bits per heavy atom. The summed E-state index contributed by atoms with van der Waals surface area (Å²) in [6, 6.07) is 7.41. The standard InChI is InChI=1S/C24H42.10CH4/c1-4-7-9-11-13-15-17-23-19-22(6-3)20-24(21-23)18-16-14-12-10-8-5-2;;;;;;;;;;/h19-21H,4-18H2,1-3H3;10*1H4. The largest absolute Gasteiger partial charge is 0.0776 e. The summed E-state index contributed by atoms with van der Waals surface area (Å²) in [5.41, 5.74) is 4.72. The zero-order valence-electron chi connectivity index (χ0n) is 16.8. The molecule has 0 heterocycles. The maximum absolute atomic E-state index is 2.50. The van der Waals surface area contributed by atoms with Crippen LogP contribution in [0.3, 0.4) is 0 Å². The Hall–Kier alpha value is -0.780. The van der Waals surface area contributed by atoms with Crippen LogP contribution >= 0.6 is 0 Å². The monoisotopic (exact) mass is 491 g/mol. The van der Waals surface area contributed by atoms with Crippen molar-refractivity contribution in [3.8, 4) is 0 Å². The summed E-state index contributed by atoms with van der Waals surface area (Å²) in [6.45, 7) is 6.88. The van der Waals surface area contributed by atoms with Crippen LogP contribution in [0.5, 0.6) is 0 Å². The van der Waals surface area contributed by atoms with Gasteiger partial charge in [-0.15, -0.1) is 0 Å². The molecule has 0 aliphatic heterocycles. The zero-order chi connectivity index (χ0) is 17.5. The van der Waals surface area contributed by atoms with E-state index in [1.54, 1.807) is 16.7 Å².